The first-order valence-electron chi connectivity index (χ1n) is 4.03. The van der Waals surface area contributed by atoms with Gasteiger partial charge in [-0.05, 0) is 13.1 Å². The first-order valence-corrected chi connectivity index (χ1v) is 4.03. The van der Waals surface area contributed by atoms with E-state index in [2.05, 4.69) is 10.3 Å². The fraction of sp³-hybridized carbons (Fsp3) is 0.333. The highest BCUT2D eigenvalue weighted by atomic mass is 19.1. The van der Waals surface area contributed by atoms with Crippen LogP contribution in [0.25, 0.3) is 0 Å². The van der Waals surface area contributed by atoms with Crippen LogP contribution in [0.15, 0.2) is 18.5 Å². The molecule has 0 aromatic carbocycles. The topological polar surface area (TPSA) is 42.0 Å². The predicted octanol–water partition coefficient (Wildman–Crippen LogP) is 1.01. The molecule has 0 radical (unpaired) electrons. The second-order valence-electron chi connectivity index (χ2n) is 2.63. The maximum atomic E-state index is 13.0. The summed E-state index contributed by atoms with van der Waals surface area (Å²) in [4.78, 5) is 14.9. The third-order valence-electron chi connectivity index (χ3n) is 1.67. The number of aromatic nitrogens is 1. The molecule has 0 saturated heterocycles. The summed E-state index contributed by atoms with van der Waals surface area (Å²) >= 11 is 0. The van der Waals surface area contributed by atoms with Crippen LogP contribution < -0.4 is 5.32 Å². The van der Waals surface area contributed by atoms with Gasteiger partial charge < -0.3 is 5.32 Å². The van der Waals surface area contributed by atoms with E-state index in [4.69, 9.17) is 0 Å². The van der Waals surface area contributed by atoms with Gasteiger partial charge >= 0.3 is 0 Å². The molecule has 0 spiro atoms. The van der Waals surface area contributed by atoms with Crippen molar-refractivity contribution in [3.63, 3.8) is 0 Å². The van der Waals surface area contributed by atoms with Crippen LogP contribution in [0.5, 0.6) is 0 Å². The van der Waals surface area contributed by atoms with Gasteiger partial charge in [-0.3, -0.25) is 9.78 Å². The molecule has 0 atom stereocenters. The molecule has 1 aromatic rings. The lowest BCUT2D eigenvalue weighted by atomic mass is 10.1. The van der Waals surface area contributed by atoms with Crippen LogP contribution in [0, 0.1) is 5.82 Å². The van der Waals surface area contributed by atoms with Gasteiger partial charge in [0.15, 0.2) is 11.6 Å². The lowest BCUT2D eigenvalue weighted by molar-refractivity contribution is 0.0979. The number of halogens is 1. The summed E-state index contributed by atoms with van der Waals surface area (Å²) in [7, 11) is 1.75. The van der Waals surface area contributed by atoms with E-state index in [0.29, 0.717) is 13.0 Å². The molecular weight excluding hydrogens is 171 g/mol. The molecule has 0 aliphatic carbocycles. The van der Waals surface area contributed by atoms with Gasteiger partial charge in [0.25, 0.3) is 0 Å². The first kappa shape index (κ1) is 9.80. The fourth-order valence-electron chi connectivity index (χ4n) is 0.975. The summed E-state index contributed by atoms with van der Waals surface area (Å²) < 4.78 is 13.0. The monoisotopic (exact) mass is 182 g/mol. The molecule has 4 heteroatoms. The molecule has 0 aliphatic heterocycles. The van der Waals surface area contributed by atoms with E-state index in [1.165, 1.54) is 12.3 Å². The van der Waals surface area contributed by atoms with E-state index < -0.39 is 5.82 Å². The number of carbonyl (C=O) groups excluding carboxylic acids is 1. The van der Waals surface area contributed by atoms with Crippen molar-refractivity contribution >= 4 is 5.78 Å². The Morgan fingerprint density at radius 1 is 1.69 bits per heavy atom. The Bertz CT molecular complexity index is 301. The second-order valence-corrected chi connectivity index (χ2v) is 2.63. The largest absolute Gasteiger partial charge is 0.319 e. The van der Waals surface area contributed by atoms with Gasteiger partial charge in [0.1, 0.15) is 0 Å². The number of ketones is 1. The summed E-state index contributed by atoms with van der Waals surface area (Å²) in [6, 6.07) is 1.40. The summed E-state index contributed by atoms with van der Waals surface area (Å²) in [5.41, 5.74) is 0.116. The van der Waals surface area contributed by atoms with E-state index >= 15 is 0 Å². The molecule has 1 aromatic heterocycles. The highest BCUT2D eigenvalue weighted by molar-refractivity contribution is 5.96. The first-order chi connectivity index (χ1) is 6.25. The summed E-state index contributed by atoms with van der Waals surface area (Å²) in [5.74, 6) is -0.752. The standard InChI is InChI=1S/C9H11FN2O/c1-11-4-3-9(13)7-2-5-12-6-8(7)10/h2,5-6,11H,3-4H2,1H3. The predicted molar refractivity (Wildman–Crippen MR) is 47.1 cm³/mol. The van der Waals surface area contributed by atoms with Crippen molar-refractivity contribution in [2.24, 2.45) is 0 Å². The van der Waals surface area contributed by atoms with Crippen molar-refractivity contribution in [1.82, 2.24) is 10.3 Å². The van der Waals surface area contributed by atoms with E-state index in [0.717, 1.165) is 6.20 Å². The number of Topliss-reactive ketones (excluding diaryl/α,β-unsaturated/α-hetero) is 1. The van der Waals surface area contributed by atoms with Crippen molar-refractivity contribution in [2.45, 2.75) is 6.42 Å². The molecular formula is C9H11FN2O. The van der Waals surface area contributed by atoms with Gasteiger partial charge in [-0.25, -0.2) is 4.39 Å². The SMILES string of the molecule is CNCCC(=O)c1ccncc1F. The Morgan fingerprint density at radius 3 is 3.08 bits per heavy atom. The Hall–Kier alpha value is -1.29. The zero-order valence-electron chi connectivity index (χ0n) is 7.38. The Labute approximate surface area is 76.0 Å². The van der Waals surface area contributed by atoms with Crippen LogP contribution in [-0.2, 0) is 0 Å². The van der Waals surface area contributed by atoms with Crippen LogP contribution in [-0.4, -0.2) is 24.4 Å². The third kappa shape index (κ3) is 2.59. The molecule has 70 valence electrons. The minimum absolute atomic E-state index is 0.116. The Kier molecular flexibility index (Phi) is 3.52. The molecule has 0 fully saturated rings. The van der Waals surface area contributed by atoms with Crippen molar-refractivity contribution in [3.8, 4) is 0 Å². The molecule has 0 bridgehead atoms. The number of nitrogens with one attached hydrogen (secondary N) is 1. The number of hydrogen-bond donors (Lipinski definition) is 1. The minimum atomic E-state index is -0.552. The number of hydrogen-bond acceptors (Lipinski definition) is 3. The van der Waals surface area contributed by atoms with Gasteiger partial charge in [-0.2, -0.15) is 0 Å². The second kappa shape index (κ2) is 4.67. The molecule has 13 heavy (non-hydrogen) atoms. The Balaban J connectivity index is 2.71. The van der Waals surface area contributed by atoms with E-state index in [-0.39, 0.29) is 11.3 Å². The van der Waals surface area contributed by atoms with Gasteiger partial charge in [0.2, 0.25) is 0 Å². The zero-order valence-corrected chi connectivity index (χ0v) is 7.38. The highest BCUT2D eigenvalue weighted by Crippen LogP contribution is 2.06. The summed E-state index contributed by atoms with van der Waals surface area (Å²) in [5, 5.41) is 2.83. The molecule has 0 unspecified atom stereocenters. The zero-order chi connectivity index (χ0) is 9.68. The highest BCUT2D eigenvalue weighted by Gasteiger charge is 2.09. The lowest BCUT2D eigenvalue weighted by Gasteiger charge is -2.00. The molecule has 0 amide bonds. The van der Waals surface area contributed by atoms with Crippen molar-refractivity contribution in [3.05, 3.63) is 29.8 Å². The average Bonchev–Trinajstić information content (AvgIpc) is 2.15. The molecule has 3 nitrogen and oxygen atoms in total. The number of nitrogens with zero attached hydrogens (tertiary/aromatic N) is 1. The number of carbonyl (C=O) groups is 1. The number of pyridine rings is 1. The Morgan fingerprint density at radius 2 is 2.46 bits per heavy atom. The van der Waals surface area contributed by atoms with Crippen LogP contribution in [0.3, 0.4) is 0 Å². The van der Waals surface area contributed by atoms with Gasteiger partial charge in [-0.1, -0.05) is 0 Å². The van der Waals surface area contributed by atoms with Crippen molar-refractivity contribution in [2.75, 3.05) is 13.6 Å². The van der Waals surface area contributed by atoms with Crippen LogP contribution in [0.1, 0.15) is 16.8 Å². The van der Waals surface area contributed by atoms with Crippen LogP contribution >= 0.6 is 0 Å². The van der Waals surface area contributed by atoms with Gasteiger partial charge in [0.05, 0.1) is 11.8 Å². The fourth-order valence-corrected chi connectivity index (χ4v) is 0.975. The van der Waals surface area contributed by atoms with Gasteiger partial charge in [-0.15, -0.1) is 0 Å². The molecule has 1 N–H and O–H groups in total. The van der Waals surface area contributed by atoms with Crippen molar-refractivity contribution in [1.29, 1.82) is 0 Å². The molecule has 0 saturated carbocycles. The van der Waals surface area contributed by atoms with E-state index in [9.17, 15) is 9.18 Å². The van der Waals surface area contributed by atoms with Crippen LogP contribution in [0.4, 0.5) is 4.39 Å². The number of rotatable bonds is 4. The third-order valence-corrected chi connectivity index (χ3v) is 1.67. The minimum Gasteiger partial charge on any atom is -0.319 e. The summed E-state index contributed by atoms with van der Waals surface area (Å²) in [6.07, 6.45) is 2.76. The van der Waals surface area contributed by atoms with E-state index in [1.54, 1.807) is 7.05 Å². The van der Waals surface area contributed by atoms with Crippen molar-refractivity contribution < 1.29 is 9.18 Å². The quantitative estimate of drug-likeness (QED) is 0.707. The average molecular weight is 182 g/mol. The van der Waals surface area contributed by atoms with Gasteiger partial charge in [0, 0.05) is 19.2 Å². The molecule has 0 aliphatic rings. The molecule has 1 rings (SSSR count). The van der Waals surface area contributed by atoms with E-state index in [1.807, 2.05) is 0 Å². The lowest BCUT2D eigenvalue weighted by Crippen LogP contribution is -2.14. The normalized spacial score (nSPS) is 10.0. The maximum absolute atomic E-state index is 13.0. The summed E-state index contributed by atoms with van der Waals surface area (Å²) in [6.45, 7) is 0.556. The maximum Gasteiger partial charge on any atom is 0.167 e. The van der Waals surface area contributed by atoms with Crippen LogP contribution in [0.2, 0.25) is 0 Å². The smallest absolute Gasteiger partial charge is 0.167 e. The molecule has 1 heterocycles.